The second-order valence-corrected chi connectivity index (χ2v) is 8.77. The van der Waals surface area contributed by atoms with Crippen LogP contribution in [0.2, 0.25) is 0 Å². The maximum Gasteiger partial charge on any atom is 0.263 e. The zero-order valence-corrected chi connectivity index (χ0v) is 20.2. The highest BCUT2D eigenvalue weighted by molar-refractivity contribution is 5.85. The first kappa shape index (κ1) is 25.7. The molecule has 0 bridgehead atoms. The summed E-state index contributed by atoms with van der Waals surface area (Å²) in [6.45, 7) is 4.81. The summed E-state index contributed by atoms with van der Waals surface area (Å²) in [6, 6.07) is 22.1. The van der Waals surface area contributed by atoms with Crippen LogP contribution in [0.4, 0.5) is 4.39 Å². The van der Waals surface area contributed by atoms with Gasteiger partial charge in [0.2, 0.25) is 5.88 Å². The summed E-state index contributed by atoms with van der Waals surface area (Å²) in [5.74, 6) is 0.584. The average molecular weight is 475 g/mol. The van der Waals surface area contributed by atoms with Crippen molar-refractivity contribution >= 4 is 5.91 Å². The van der Waals surface area contributed by atoms with Crippen molar-refractivity contribution in [3.63, 3.8) is 0 Å². The minimum atomic E-state index is -1.14. The molecule has 3 rings (SSSR count). The summed E-state index contributed by atoms with van der Waals surface area (Å²) in [6.07, 6.45) is 2.22. The summed E-state index contributed by atoms with van der Waals surface area (Å²) >= 11 is 0. The molecule has 0 saturated heterocycles. The van der Waals surface area contributed by atoms with E-state index in [0.29, 0.717) is 23.6 Å². The Morgan fingerprint density at radius 3 is 2.57 bits per heavy atom. The Bertz CT molecular complexity index is 1140. The van der Waals surface area contributed by atoms with Crippen LogP contribution in [0.25, 0.3) is 0 Å². The molecule has 2 atom stereocenters. The minimum absolute atomic E-state index is 0.0162. The number of carbonyl (C=O) groups is 1. The number of rotatable bonds is 11. The van der Waals surface area contributed by atoms with Gasteiger partial charge in [-0.05, 0) is 68.7 Å². The molecule has 7 heteroatoms. The number of alkyl halides is 1. The predicted molar refractivity (Wildman–Crippen MR) is 132 cm³/mol. The minimum Gasteiger partial charge on any atom is -0.491 e. The van der Waals surface area contributed by atoms with Crippen molar-refractivity contribution in [3.05, 3.63) is 89.6 Å². The summed E-state index contributed by atoms with van der Waals surface area (Å²) in [4.78, 5) is 17.3. The SMILES string of the molecule is C[C@H](NC(=O)C(C)(C)Oc1ccccn1)[C@@H](Cc1ccc(OCC[18F])cc1)c1cccc(C#N)c1. The molecule has 1 amide bonds. The second-order valence-electron chi connectivity index (χ2n) is 8.77. The largest absolute Gasteiger partial charge is 0.491 e. The lowest BCUT2D eigenvalue weighted by atomic mass is 9.85. The molecular formula is C28H30FN3O3. The van der Waals surface area contributed by atoms with Gasteiger partial charge in [0.05, 0.1) is 11.6 Å². The second kappa shape index (κ2) is 12.0. The van der Waals surface area contributed by atoms with Gasteiger partial charge in [0.1, 0.15) is 19.0 Å². The fourth-order valence-corrected chi connectivity index (χ4v) is 3.75. The Labute approximate surface area is 205 Å². The average Bonchev–Trinajstić information content (AvgIpc) is 2.87. The molecule has 6 nitrogen and oxygen atoms in total. The third-order valence-electron chi connectivity index (χ3n) is 5.68. The smallest absolute Gasteiger partial charge is 0.263 e. The normalized spacial score (nSPS) is 12.8. The van der Waals surface area contributed by atoms with E-state index < -0.39 is 12.3 Å². The molecule has 0 spiro atoms. The number of nitrogens with zero attached hydrogens (tertiary/aromatic N) is 2. The van der Waals surface area contributed by atoms with Crippen molar-refractivity contribution in [1.29, 1.82) is 5.26 Å². The first-order valence-corrected chi connectivity index (χ1v) is 11.5. The first-order chi connectivity index (χ1) is 16.8. The third kappa shape index (κ3) is 7.28. The number of benzene rings is 2. The molecule has 0 fully saturated rings. The zero-order chi connectivity index (χ0) is 25.3. The van der Waals surface area contributed by atoms with Gasteiger partial charge in [-0.25, -0.2) is 9.37 Å². The van der Waals surface area contributed by atoms with Crippen LogP contribution in [0.5, 0.6) is 11.6 Å². The number of ether oxygens (including phenoxy) is 2. The lowest BCUT2D eigenvalue weighted by molar-refractivity contribution is -0.135. The molecule has 0 aliphatic rings. The van der Waals surface area contributed by atoms with E-state index in [4.69, 9.17) is 9.47 Å². The number of nitrogens with one attached hydrogen (secondary N) is 1. The van der Waals surface area contributed by atoms with Gasteiger partial charge in [0.15, 0.2) is 5.60 Å². The van der Waals surface area contributed by atoms with E-state index in [1.807, 2.05) is 37.3 Å². The summed E-state index contributed by atoms with van der Waals surface area (Å²) in [5.41, 5.74) is 1.38. The number of amides is 1. The summed E-state index contributed by atoms with van der Waals surface area (Å²) < 4.78 is 23.6. The van der Waals surface area contributed by atoms with Gasteiger partial charge in [-0.1, -0.05) is 30.3 Å². The van der Waals surface area contributed by atoms with E-state index in [1.165, 1.54) is 0 Å². The lowest BCUT2D eigenvalue weighted by Gasteiger charge is -2.30. The molecule has 0 aliphatic heterocycles. The predicted octanol–water partition coefficient (Wildman–Crippen LogP) is 4.99. The highest BCUT2D eigenvalue weighted by atomic mass is 18.2. The quantitative estimate of drug-likeness (QED) is 0.423. The van der Waals surface area contributed by atoms with Crippen molar-refractivity contribution in [2.45, 2.75) is 44.8 Å². The Morgan fingerprint density at radius 1 is 1.14 bits per heavy atom. The van der Waals surface area contributed by atoms with Crippen LogP contribution in [0.15, 0.2) is 72.9 Å². The van der Waals surface area contributed by atoms with Crippen molar-refractivity contribution in [1.82, 2.24) is 10.3 Å². The lowest BCUT2D eigenvalue weighted by Crippen LogP contribution is -2.51. The number of nitriles is 1. The van der Waals surface area contributed by atoms with Crippen LogP contribution in [-0.2, 0) is 11.2 Å². The van der Waals surface area contributed by atoms with Crippen molar-refractivity contribution < 1.29 is 18.7 Å². The van der Waals surface area contributed by atoms with Crippen LogP contribution in [0.3, 0.4) is 0 Å². The van der Waals surface area contributed by atoms with Crippen LogP contribution in [-0.4, -0.2) is 35.8 Å². The molecule has 1 heterocycles. The van der Waals surface area contributed by atoms with E-state index in [2.05, 4.69) is 16.4 Å². The van der Waals surface area contributed by atoms with Crippen LogP contribution in [0, 0.1) is 11.3 Å². The van der Waals surface area contributed by atoms with Crippen molar-refractivity contribution in [2.24, 2.45) is 0 Å². The first-order valence-electron chi connectivity index (χ1n) is 11.5. The maximum atomic E-state index is 13.2. The van der Waals surface area contributed by atoms with E-state index in [1.54, 1.807) is 56.4 Å². The van der Waals surface area contributed by atoms with Crippen LogP contribution in [0.1, 0.15) is 43.4 Å². The molecule has 0 radical (unpaired) electrons. The third-order valence-corrected chi connectivity index (χ3v) is 5.68. The molecule has 182 valence electrons. The molecule has 0 unspecified atom stereocenters. The fourth-order valence-electron chi connectivity index (χ4n) is 3.75. The molecular weight excluding hydrogens is 444 g/mol. The Morgan fingerprint density at radius 2 is 1.91 bits per heavy atom. The van der Waals surface area contributed by atoms with Crippen molar-refractivity contribution in [2.75, 3.05) is 13.3 Å². The number of hydrogen-bond donors (Lipinski definition) is 1. The monoisotopic (exact) mass is 474 g/mol. The van der Waals surface area contributed by atoms with Gasteiger partial charge in [-0.15, -0.1) is 0 Å². The Balaban J connectivity index is 1.80. The number of halogens is 1. The molecule has 1 aromatic heterocycles. The zero-order valence-electron chi connectivity index (χ0n) is 20.2. The van der Waals surface area contributed by atoms with Gasteiger partial charge in [0.25, 0.3) is 5.91 Å². The van der Waals surface area contributed by atoms with E-state index >= 15 is 0 Å². The topological polar surface area (TPSA) is 84.2 Å². The number of hydrogen-bond acceptors (Lipinski definition) is 5. The van der Waals surface area contributed by atoms with Gasteiger partial charge < -0.3 is 14.8 Å². The van der Waals surface area contributed by atoms with E-state index in [9.17, 15) is 14.4 Å². The molecule has 3 aromatic rings. The maximum absolute atomic E-state index is 13.2. The standard InChI is InChI=1S/C28H30FN3O3/c1-20(32-27(33)28(2,3)35-26-9-4-5-15-31-26)25(23-8-6-7-22(17-23)19-30)18-21-10-12-24(13-11-21)34-16-14-29/h4-13,15,17,20,25H,14,16,18H2,1-3H3,(H,32,33)/t20-,25+/m0/s1/i29-1. The number of pyridine rings is 1. The highest BCUT2D eigenvalue weighted by Crippen LogP contribution is 2.27. The molecule has 2 aromatic carbocycles. The Hall–Kier alpha value is -3.92. The van der Waals surface area contributed by atoms with Gasteiger partial charge in [0, 0.05) is 24.2 Å². The number of aromatic nitrogens is 1. The van der Waals surface area contributed by atoms with Crippen LogP contribution >= 0.6 is 0 Å². The van der Waals surface area contributed by atoms with Gasteiger partial charge in [-0.2, -0.15) is 5.26 Å². The van der Waals surface area contributed by atoms with Gasteiger partial charge in [-0.3, -0.25) is 4.79 Å². The fraction of sp³-hybridized carbons (Fsp3) is 0.321. The van der Waals surface area contributed by atoms with Crippen LogP contribution < -0.4 is 14.8 Å². The van der Waals surface area contributed by atoms with E-state index in [0.717, 1.165) is 11.1 Å². The molecule has 35 heavy (non-hydrogen) atoms. The molecule has 0 saturated carbocycles. The molecule has 1 N–H and O–H groups in total. The number of carbonyl (C=O) groups excluding carboxylic acids is 1. The highest BCUT2D eigenvalue weighted by Gasteiger charge is 2.33. The molecule has 0 aliphatic carbocycles. The van der Waals surface area contributed by atoms with Gasteiger partial charge >= 0.3 is 0 Å². The summed E-state index contributed by atoms with van der Waals surface area (Å²) in [5, 5.41) is 12.5. The summed E-state index contributed by atoms with van der Waals surface area (Å²) in [7, 11) is 0. The van der Waals surface area contributed by atoms with Crippen molar-refractivity contribution in [3.8, 4) is 17.7 Å². The van der Waals surface area contributed by atoms with E-state index in [-0.39, 0.29) is 24.5 Å². The Kier molecular flexibility index (Phi) is 8.80.